The summed E-state index contributed by atoms with van der Waals surface area (Å²) in [6.07, 6.45) is 0.598. The number of alkyl halides is 2. The molecule has 5 rings (SSSR count). The minimum absolute atomic E-state index is 0.212. The number of anilines is 1. The number of piperazine rings is 1. The van der Waals surface area contributed by atoms with Gasteiger partial charge in [0.2, 0.25) is 5.91 Å². The number of carbonyl (C=O) groups is 1. The number of nitrogens with one attached hydrogen (secondary N) is 1. The van der Waals surface area contributed by atoms with Gasteiger partial charge in [-0.25, -0.2) is 9.97 Å². The van der Waals surface area contributed by atoms with Gasteiger partial charge >= 0.3 is 0 Å². The fourth-order valence-corrected chi connectivity index (χ4v) is 6.73. The van der Waals surface area contributed by atoms with Crippen LogP contribution in [0.4, 0.5) is 5.82 Å². The lowest BCUT2D eigenvalue weighted by atomic mass is 9.95. The summed E-state index contributed by atoms with van der Waals surface area (Å²) in [6, 6.07) is 25.9. The molecule has 0 saturated carbocycles. The standard InChI is InChI=1S/C34H41I2N7O/c1-41(2)16-15-30(33(37)44)39-34-28-5-3-4-6-29(28)38-31(40-34)23-42-17-19-43(20-18-42)32(26-11-7-24(21-35)8-12-26)27-13-9-25(22-36)10-14-27/h3-14,30,32H,15-23H2,1-2H3,(H2,37,44)(H,38,39,40)/t30-/m0/s1. The predicted molar refractivity (Wildman–Crippen MR) is 196 cm³/mol. The fourth-order valence-electron chi connectivity index (χ4n) is 5.72. The Morgan fingerprint density at radius 1 is 0.886 bits per heavy atom. The van der Waals surface area contributed by atoms with E-state index in [1.807, 2.05) is 43.3 Å². The Morgan fingerprint density at radius 3 is 2.02 bits per heavy atom. The van der Waals surface area contributed by atoms with E-state index in [1.54, 1.807) is 0 Å². The van der Waals surface area contributed by atoms with E-state index in [2.05, 4.69) is 109 Å². The Balaban J connectivity index is 1.32. The minimum atomic E-state index is -0.513. The lowest BCUT2D eigenvalue weighted by Gasteiger charge is -2.39. The first kappa shape index (κ1) is 33.0. The van der Waals surface area contributed by atoms with Crippen LogP contribution in [0.1, 0.15) is 40.5 Å². The largest absolute Gasteiger partial charge is 0.368 e. The first-order valence-corrected chi connectivity index (χ1v) is 18.1. The number of benzene rings is 3. The molecule has 0 bridgehead atoms. The van der Waals surface area contributed by atoms with Crippen LogP contribution in [0.25, 0.3) is 10.9 Å². The Hall–Kier alpha value is -2.39. The van der Waals surface area contributed by atoms with Gasteiger partial charge in [0, 0.05) is 40.4 Å². The summed E-state index contributed by atoms with van der Waals surface area (Å²) < 4.78 is 2.03. The van der Waals surface area contributed by atoms with E-state index in [-0.39, 0.29) is 11.9 Å². The monoisotopic (exact) mass is 817 g/mol. The molecule has 4 aromatic rings. The van der Waals surface area contributed by atoms with E-state index in [1.165, 1.54) is 22.3 Å². The van der Waals surface area contributed by atoms with Crippen molar-refractivity contribution >= 4 is 67.8 Å². The molecule has 0 unspecified atom stereocenters. The molecule has 1 amide bonds. The lowest BCUT2D eigenvalue weighted by Crippen LogP contribution is -2.47. The fraction of sp³-hybridized carbons (Fsp3) is 0.382. The van der Waals surface area contributed by atoms with Crippen molar-refractivity contribution in [2.24, 2.45) is 5.73 Å². The lowest BCUT2D eigenvalue weighted by molar-refractivity contribution is -0.118. The van der Waals surface area contributed by atoms with E-state index in [4.69, 9.17) is 15.7 Å². The van der Waals surface area contributed by atoms with Crippen molar-refractivity contribution in [1.82, 2.24) is 24.7 Å². The molecule has 3 aromatic carbocycles. The summed E-state index contributed by atoms with van der Waals surface area (Å²) in [7, 11) is 3.98. The second kappa shape index (κ2) is 15.7. The van der Waals surface area contributed by atoms with Crippen molar-refractivity contribution in [3.05, 3.63) is 101 Å². The maximum absolute atomic E-state index is 12.3. The number of primary amides is 1. The number of nitrogens with two attached hydrogens (primary N) is 1. The third-order valence-electron chi connectivity index (χ3n) is 8.21. The summed E-state index contributed by atoms with van der Waals surface area (Å²) in [5.74, 6) is 1.03. The van der Waals surface area contributed by atoms with Crippen LogP contribution in [-0.2, 0) is 20.2 Å². The Morgan fingerprint density at radius 2 is 1.48 bits per heavy atom. The van der Waals surface area contributed by atoms with Gasteiger partial charge in [-0.1, -0.05) is 106 Å². The molecule has 0 spiro atoms. The smallest absolute Gasteiger partial charge is 0.240 e. The molecule has 1 aliphatic rings. The van der Waals surface area contributed by atoms with Crippen LogP contribution in [0.15, 0.2) is 72.8 Å². The van der Waals surface area contributed by atoms with Gasteiger partial charge in [-0.2, -0.15) is 0 Å². The molecule has 232 valence electrons. The van der Waals surface area contributed by atoms with Crippen LogP contribution in [0.5, 0.6) is 0 Å². The number of fused-ring (bicyclic) bond motifs is 1. The molecule has 1 saturated heterocycles. The maximum Gasteiger partial charge on any atom is 0.240 e. The number of halogens is 2. The summed E-state index contributed by atoms with van der Waals surface area (Å²) in [4.78, 5) is 29.2. The number of aromatic nitrogens is 2. The highest BCUT2D eigenvalue weighted by Crippen LogP contribution is 2.31. The molecule has 1 aromatic heterocycles. The first-order chi connectivity index (χ1) is 21.3. The van der Waals surface area contributed by atoms with Crippen molar-refractivity contribution in [2.75, 3.05) is 52.1 Å². The minimum Gasteiger partial charge on any atom is -0.368 e. The van der Waals surface area contributed by atoms with Crippen molar-refractivity contribution in [1.29, 1.82) is 0 Å². The second-order valence-electron chi connectivity index (χ2n) is 11.7. The van der Waals surface area contributed by atoms with E-state index >= 15 is 0 Å². The second-order valence-corrected chi connectivity index (χ2v) is 13.2. The van der Waals surface area contributed by atoms with Gasteiger partial charge in [0.15, 0.2) is 0 Å². The van der Waals surface area contributed by atoms with Crippen LogP contribution in [0.2, 0.25) is 0 Å². The summed E-state index contributed by atoms with van der Waals surface area (Å²) in [6.45, 7) is 5.11. The third-order valence-corrected chi connectivity index (χ3v) is 9.97. The Bertz CT molecular complexity index is 1480. The van der Waals surface area contributed by atoms with Crippen LogP contribution >= 0.6 is 45.2 Å². The molecular weight excluding hydrogens is 776 g/mol. The quantitative estimate of drug-likeness (QED) is 0.134. The van der Waals surface area contributed by atoms with Gasteiger partial charge in [0.1, 0.15) is 17.7 Å². The van der Waals surface area contributed by atoms with Crippen molar-refractivity contribution in [3.8, 4) is 0 Å². The predicted octanol–water partition coefficient (Wildman–Crippen LogP) is 5.62. The van der Waals surface area contributed by atoms with Gasteiger partial charge in [-0.15, -0.1) is 0 Å². The van der Waals surface area contributed by atoms with Crippen molar-refractivity contribution in [3.63, 3.8) is 0 Å². The Labute approximate surface area is 288 Å². The molecule has 3 N–H and O–H groups in total. The molecule has 1 fully saturated rings. The molecule has 8 nitrogen and oxygen atoms in total. The number of hydrogen-bond acceptors (Lipinski definition) is 7. The topological polar surface area (TPSA) is 90.6 Å². The van der Waals surface area contributed by atoms with Crippen LogP contribution in [-0.4, -0.2) is 83.4 Å². The number of carbonyl (C=O) groups excluding carboxylic acids is 1. The Kier molecular flexibility index (Phi) is 11.8. The molecule has 44 heavy (non-hydrogen) atoms. The van der Waals surface area contributed by atoms with Gasteiger partial charge in [0.05, 0.1) is 18.1 Å². The summed E-state index contributed by atoms with van der Waals surface area (Å²) >= 11 is 4.85. The average molecular weight is 818 g/mol. The zero-order valence-electron chi connectivity index (χ0n) is 25.4. The molecule has 0 radical (unpaired) electrons. The molecule has 2 heterocycles. The van der Waals surface area contributed by atoms with E-state index < -0.39 is 6.04 Å². The SMILES string of the molecule is CN(C)CC[C@H](Nc1nc(CN2CCN(C(c3ccc(CI)cc3)c3ccc(CI)cc3)CC2)nc2ccccc12)C(N)=O. The normalized spacial score (nSPS) is 15.2. The van der Waals surface area contributed by atoms with Gasteiger partial charge in [-0.05, 0) is 61.4 Å². The van der Waals surface area contributed by atoms with E-state index in [0.29, 0.717) is 18.8 Å². The summed E-state index contributed by atoms with van der Waals surface area (Å²) in [5, 5.41) is 4.24. The van der Waals surface area contributed by atoms with Crippen LogP contribution in [0.3, 0.4) is 0 Å². The van der Waals surface area contributed by atoms with Crippen LogP contribution in [0, 0.1) is 0 Å². The van der Waals surface area contributed by atoms with Crippen molar-refractivity contribution in [2.45, 2.75) is 33.9 Å². The highest BCUT2D eigenvalue weighted by Gasteiger charge is 2.27. The van der Waals surface area contributed by atoms with E-state index in [9.17, 15) is 4.79 Å². The summed E-state index contributed by atoms with van der Waals surface area (Å²) in [5.41, 5.74) is 12.0. The number of hydrogen-bond donors (Lipinski definition) is 2. The molecule has 0 aliphatic carbocycles. The average Bonchev–Trinajstić information content (AvgIpc) is 3.04. The number of rotatable bonds is 13. The molecule has 1 atom stereocenters. The first-order valence-electron chi connectivity index (χ1n) is 15.1. The van der Waals surface area contributed by atoms with Gasteiger partial charge in [-0.3, -0.25) is 14.6 Å². The zero-order valence-corrected chi connectivity index (χ0v) is 29.7. The molecular formula is C34H41I2N7O. The van der Waals surface area contributed by atoms with Gasteiger partial charge in [0.25, 0.3) is 0 Å². The molecule has 1 aliphatic heterocycles. The molecule has 10 heteroatoms. The third kappa shape index (κ3) is 8.45. The van der Waals surface area contributed by atoms with Crippen molar-refractivity contribution < 1.29 is 4.79 Å². The number of amides is 1. The maximum atomic E-state index is 12.3. The van der Waals surface area contributed by atoms with E-state index in [0.717, 1.165) is 58.3 Å². The number of para-hydroxylation sites is 1. The van der Waals surface area contributed by atoms with Gasteiger partial charge < -0.3 is 16.0 Å². The highest BCUT2D eigenvalue weighted by molar-refractivity contribution is 14.1. The number of nitrogens with zero attached hydrogens (tertiary/aromatic N) is 5. The zero-order chi connectivity index (χ0) is 31.1. The van der Waals surface area contributed by atoms with Crippen LogP contribution < -0.4 is 11.1 Å². The highest BCUT2D eigenvalue weighted by atomic mass is 127.